The lowest BCUT2D eigenvalue weighted by atomic mass is 9.94. The van der Waals surface area contributed by atoms with Gasteiger partial charge in [0.15, 0.2) is 0 Å². The van der Waals surface area contributed by atoms with Crippen LogP contribution in [-0.4, -0.2) is 38.3 Å². The van der Waals surface area contributed by atoms with E-state index in [0.29, 0.717) is 24.5 Å². The highest BCUT2D eigenvalue weighted by molar-refractivity contribution is 7.89. The lowest BCUT2D eigenvalue weighted by Gasteiger charge is -2.34. The molecule has 1 amide bonds. The SMILES string of the molecule is CC1CC(C)CN(S(=O)(=O)c2ccc(F)c(C(=O)NCCc3ccccc3Cl)c2)C1. The second-order valence-corrected chi connectivity index (χ2v) is 10.4. The average molecular weight is 453 g/mol. The van der Waals surface area contributed by atoms with Crippen LogP contribution in [-0.2, 0) is 16.4 Å². The number of carbonyl (C=O) groups is 1. The van der Waals surface area contributed by atoms with E-state index in [1.165, 1.54) is 10.4 Å². The number of piperidine rings is 1. The van der Waals surface area contributed by atoms with E-state index in [0.717, 1.165) is 24.1 Å². The van der Waals surface area contributed by atoms with E-state index in [9.17, 15) is 17.6 Å². The zero-order chi connectivity index (χ0) is 21.9. The monoisotopic (exact) mass is 452 g/mol. The first-order valence-corrected chi connectivity index (χ1v) is 11.8. The van der Waals surface area contributed by atoms with Crippen LogP contribution in [0.3, 0.4) is 0 Å². The quantitative estimate of drug-likeness (QED) is 0.717. The van der Waals surface area contributed by atoms with Gasteiger partial charge in [0.05, 0.1) is 10.5 Å². The predicted molar refractivity (Wildman–Crippen MR) is 116 cm³/mol. The van der Waals surface area contributed by atoms with Crippen LogP contribution in [0.25, 0.3) is 0 Å². The van der Waals surface area contributed by atoms with E-state index in [2.05, 4.69) is 5.32 Å². The lowest BCUT2D eigenvalue weighted by Crippen LogP contribution is -2.42. The van der Waals surface area contributed by atoms with E-state index in [-0.39, 0.29) is 28.8 Å². The molecule has 1 fully saturated rings. The summed E-state index contributed by atoms with van der Waals surface area (Å²) in [6.07, 6.45) is 1.45. The van der Waals surface area contributed by atoms with Gasteiger partial charge in [0.1, 0.15) is 5.82 Å². The fourth-order valence-electron chi connectivity index (χ4n) is 3.90. The first-order chi connectivity index (χ1) is 14.2. The molecule has 0 aliphatic carbocycles. The van der Waals surface area contributed by atoms with Gasteiger partial charge in [-0.3, -0.25) is 4.79 Å². The van der Waals surface area contributed by atoms with Crippen molar-refractivity contribution in [1.29, 1.82) is 0 Å². The van der Waals surface area contributed by atoms with Crippen molar-refractivity contribution in [2.24, 2.45) is 11.8 Å². The number of amides is 1. The summed E-state index contributed by atoms with van der Waals surface area (Å²) in [6.45, 7) is 5.12. The lowest BCUT2D eigenvalue weighted by molar-refractivity contribution is 0.0950. The Bertz CT molecular complexity index is 1020. The summed E-state index contributed by atoms with van der Waals surface area (Å²) < 4.78 is 41.8. The Labute approximate surface area is 182 Å². The van der Waals surface area contributed by atoms with Gasteiger partial charge in [0.2, 0.25) is 10.0 Å². The highest BCUT2D eigenvalue weighted by Gasteiger charge is 2.32. The predicted octanol–water partition coefficient (Wildman–Crippen LogP) is 4.12. The van der Waals surface area contributed by atoms with Crippen molar-refractivity contribution in [1.82, 2.24) is 9.62 Å². The van der Waals surface area contributed by atoms with Crippen molar-refractivity contribution in [2.45, 2.75) is 31.6 Å². The fourth-order valence-corrected chi connectivity index (χ4v) is 5.83. The first kappa shape index (κ1) is 22.7. The van der Waals surface area contributed by atoms with Gasteiger partial charge in [-0.25, -0.2) is 12.8 Å². The molecule has 1 saturated heterocycles. The van der Waals surface area contributed by atoms with Gasteiger partial charge in [-0.2, -0.15) is 4.31 Å². The van der Waals surface area contributed by atoms with Crippen molar-refractivity contribution in [3.8, 4) is 0 Å². The van der Waals surface area contributed by atoms with E-state index < -0.39 is 21.7 Å². The van der Waals surface area contributed by atoms with Crippen LogP contribution in [0.5, 0.6) is 0 Å². The van der Waals surface area contributed by atoms with E-state index in [1.807, 2.05) is 32.0 Å². The number of nitrogens with zero attached hydrogens (tertiary/aromatic N) is 1. The van der Waals surface area contributed by atoms with Gasteiger partial charge in [0, 0.05) is 24.7 Å². The van der Waals surface area contributed by atoms with Crippen LogP contribution in [0.1, 0.15) is 36.2 Å². The smallest absolute Gasteiger partial charge is 0.254 e. The third-order valence-corrected chi connectivity index (χ3v) is 7.49. The van der Waals surface area contributed by atoms with Crippen molar-refractivity contribution in [3.63, 3.8) is 0 Å². The molecule has 0 saturated carbocycles. The Morgan fingerprint density at radius 2 is 1.83 bits per heavy atom. The molecule has 2 aromatic rings. The summed E-state index contributed by atoms with van der Waals surface area (Å²) in [5, 5.41) is 3.24. The third-order valence-electron chi connectivity index (χ3n) is 5.29. The van der Waals surface area contributed by atoms with E-state index >= 15 is 0 Å². The van der Waals surface area contributed by atoms with Crippen molar-refractivity contribution < 1.29 is 17.6 Å². The second-order valence-electron chi connectivity index (χ2n) is 8.01. The van der Waals surface area contributed by atoms with Crippen molar-refractivity contribution in [3.05, 3.63) is 64.4 Å². The Balaban J connectivity index is 1.74. The maximum atomic E-state index is 14.3. The zero-order valence-electron chi connectivity index (χ0n) is 17.1. The topological polar surface area (TPSA) is 66.5 Å². The number of halogens is 2. The number of nitrogens with one attached hydrogen (secondary N) is 1. The molecule has 5 nitrogen and oxygen atoms in total. The largest absolute Gasteiger partial charge is 0.352 e. The summed E-state index contributed by atoms with van der Waals surface area (Å²) in [6, 6.07) is 10.6. The minimum Gasteiger partial charge on any atom is -0.352 e. The minimum atomic E-state index is -3.80. The molecular formula is C22H26ClFN2O3S. The second kappa shape index (κ2) is 9.45. The van der Waals surface area contributed by atoms with Gasteiger partial charge < -0.3 is 5.32 Å². The molecule has 2 atom stereocenters. The van der Waals surface area contributed by atoms with Gasteiger partial charge in [-0.1, -0.05) is 43.6 Å². The molecule has 8 heteroatoms. The van der Waals surface area contributed by atoms with Crippen LogP contribution in [0.2, 0.25) is 5.02 Å². The Kier molecular flexibility index (Phi) is 7.16. The van der Waals surface area contributed by atoms with E-state index in [1.54, 1.807) is 6.07 Å². The van der Waals surface area contributed by atoms with Crippen molar-refractivity contribution in [2.75, 3.05) is 19.6 Å². The molecule has 30 heavy (non-hydrogen) atoms. The number of benzene rings is 2. The molecule has 1 heterocycles. The molecule has 0 radical (unpaired) electrons. The average Bonchev–Trinajstić information content (AvgIpc) is 2.68. The summed E-state index contributed by atoms with van der Waals surface area (Å²) in [5.41, 5.74) is 0.581. The maximum Gasteiger partial charge on any atom is 0.254 e. The van der Waals surface area contributed by atoms with Crippen molar-refractivity contribution >= 4 is 27.5 Å². The number of hydrogen-bond donors (Lipinski definition) is 1. The van der Waals surface area contributed by atoms with Gasteiger partial charge in [-0.05, 0) is 54.5 Å². The summed E-state index contributed by atoms with van der Waals surface area (Å²) in [7, 11) is -3.80. The summed E-state index contributed by atoms with van der Waals surface area (Å²) in [5.74, 6) is -0.922. The number of hydrogen-bond acceptors (Lipinski definition) is 3. The van der Waals surface area contributed by atoms with Gasteiger partial charge >= 0.3 is 0 Å². The van der Waals surface area contributed by atoms with Gasteiger partial charge in [0.25, 0.3) is 5.91 Å². The number of carbonyl (C=O) groups excluding carboxylic acids is 1. The maximum absolute atomic E-state index is 14.3. The van der Waals surface area contributed by atoms with Crippen LogP contribution in [0, 0.1) is 17.7 Å². The van der Waals surface area contributed by atoms with Crippen LogP contribution in [0.15, 0.2) is 47.4 Å². The molecule has 1 aliphatic rings. The normalized spacial score (nSPS) is 20.1. The molecule has 0 bridgehead atoms. The Morgan fingerprint density at radius 1 is 1.17 bits per heavy atom. The molecule has 162 valence electrons. The summed E-state index contributed by atoms with van der Waals surface area (Å²) in [4.78, 5) is 12.4. The third kappa shape index (κ3) is 5.20. The van der Waals surface area contributed by atoms with Crippen LogP contribution in [0.4, 0.5) is 4.39 Å². The first-order valence-electron chi connectivity index (χ1n) is 9.99. The fraction of sp³-hybridized carbons (Fsp3) is 0.409. The van der Waals surface area contributed by atoms with E-state index in [4.69, 9.17) is 11.6 Å². The van der Waals surface area contributed by atoms with Gasteiger partial charge in [-0.15, -0.1) is 0 Å². The van der Waals surface area contributed by atoms with Crippen LogP contribution < -0.4 is 5.32 Å². The molecular weight excluding hydrogens is 427 g/mol. The zero-order valence-corrected chi connectivity index (χ0v) is 18.6. The molecule has 1 aliphatic heterocycles. The Morgan fingerprint density at radius 3 is 2.50 bits per heavy atom. The number of rotatable bonds is 6. The molecule has 2 unspecified atom stereocenters. The molecule has 0 spiro atoms. The standard InChI is InChI=1S/C22H26ClFN2O3S/c1-15-11-16(2)14-26(13-15)30(28,29)18-7-8-21(24)19(12-18)22(27)25-10-9-17-5-3-4-6-20(17)23/h3-8,12,15-16H,9-11,13-14H2,1-2H3,(H,25,27). The van der Waals surface area contributed by atoms with Crippen LogP contribution >= 0.6 is 11.6 Å². The molecule has 1 N–H and O–H groups in total. The Hall–Kier alpha value is -1.96. The summed E-state index contributed by atoms with van der Waals surface area (Å²) >= 11 is 6.10. The highest BCUT2D eigenvalue weighted by Crippen LogP contribution is 2.27. The molecule has 2 aromatic carbocycles. The molecule has 3 rings (SSSR count). The minimum absolute atomic E-state index is 0.0681. The number of sulfonamides is 1. The highest BCUT2D eigenvalue weighted by atomic mass is 35.5. The molecule has 0 aromatic heterocycles.